The molecule has 0 aromatic heterocycles. The zero-order valence-corrected chi connectivity index (χ0v) is 6.79. The molecule has 8 heavy (non-hydrogen) atoms. The maximum absolute atomic E-state index is 2.22. The van der Waals surface area contributed by atoms with E-state index in [0.717, 1.165) is 0 Å². The zero-order valence-electron chi connectivity index (χ0n) is 5.23. The molecule has 0 saturated carbocycles. The first-order chi connectivity index (χ1) is 3.63. The van der Waals surface area contributed by atoms with Gasteiger partial charge in [-0.1, -0.05) is 0 Å². The summed E-state index contributed by atoms with van der Waals surface area (Å²) in [6.07, 6.45) is 6.51. The summed E-state index contributed by atoms with van der Waals surface area (Å²) in [6.45, 7) is 4.39. The van der Waals surface area contributed by atoms with Crippen LogP contribution in [0, 0.1) is 0 Å². The van der Waals surface area contributed by atoms with E-state index in [9.17, 15) is 0 Å². The first-order valence-electron chi connectivity index (χ1n) is 2.74. The molecule has 0 N–H and O–H groups in total. The molecule has 1 aliphatic rings. The van der Waals surface area contributed by atoms with Gasteiger partial charge in [0, 0.05) is 0 Å². The van der Waals surface area contributed by atoms with Gasteiger partial charge in [-0.3, -0.25) is 0 Å². The van der Waals surface area contributed by atoms with Crippen molar-refractivity contribution in [3.05, 3.63) is 23.8 Å². The summed E-state index contributed by atoms with van der Waals surface area (Å²) in [5.74, 6) is 0. The van der Waals surface area contributed by atoms with Crippen LogP contribution in [0.3, 0.4) is 0 Å². The molecular formula is C7H9Ti. The summed E-state index contributed by atoms with van der Waals surface area (Å²) in [4.78, 5) is 0. The Labute approximate surface area is 62.1 Å². The molecule has 1 rings (SSSR count). The van der Waals surface area contributed by atoms with Crippen molar-refractivity contribution in [2.75, 3.05) is 0 Å². The summed E-state index contributed by atoms with van der Waals surface area (Å²) in [6, 6.07) is 0. The van der Waals surface area contributed by atoms with Crippen LogP contribution in [0.25, 0.3) is 0 Å². The Morgan fingerprint density at radius 3 is 2.38 bits per heavy atom. The van der Waals surface area contributed by atoms with Crippen molar-refractivity contribution in [3.63, 3.8) is 0 Å². The molecule has 0 spiro atoms. The number of hydrogen-bond acceptors (Lipinski definition) is 0. The second-order valence-corrected chi connectivity index (χ2v) is 4.03. The van der Waals surface area contributed by atoms with Crippen molar-refractivity contribution in [3.8, 4) is 0 Å². The van der Waals surface area contributed by atoms with Crippen LogP contribution in [0.4, 0.5) is 0 Å². The van der Waals surface area contributed by atoms with E-state index in [4.69, 9.17) is 0 Å². The maximum atomic E-state index is 2.22. The van der Waals surface area contributed by atoms with Gasteiger partial charge in [0.2, 0.25) is 0 Å². The van der Waals surface area contributed by atoms with Crippen molar-refractivity contribution in [1.82, 2.24) is 0 Å². The topological polar surface area (TPSA) is 0 Å². The van der Waals surface area contributed by atoms with Crippen molar-refractivity contribution >= 4 is 0 Å². The fraction of sp³-hybridized carbons (Fsp3) is 0.429. The van der Waals surface area contributed by atoms with Gasteiger partial charge in [0.1, 0.15) is 0 Å². The summed E-state index contributed by atoms with van der Waals surface area (Å²) in [5, 5.41) is 0. The molecule has 1 unspecified atom stereocenters. The van der Waals surface area contributed by atoms with Crippen LogP contribution in [-0.4, -0.2) is 0 Å². The van der Waals surface area contributed by atoms with E-state index in [1.54, 1.807) is 0 Å². The Hall–Kier alpha value is 0.194. The monoisotopic (exact) mass is 141 g/mol. The minimum absolute atomic E-state index is 0.333. The number of hydrogen-bond donors (Lipinski definition) is 0. The summed E-state index contributed by atoms with van der Waals surface area (Å²) < 4.78 is 0.333. The van der Waals surface area contributed by atoms with Gasteiger partial charge in [0.15, 0.2) is 0 Å². The molecule has 41 valence electrons. The van der Waals surface area contributed by atoms with Crippen LogP contribution < -0.4 is 0 Å². The molecule has 0 saturated heterocycles. The second-order valence-electron chi connectivity index (χ2n) is 2.41. The summed E-state index contributed by atoms with van der Waals surface area (Å²) >= 11 is 2.22. The van der Waals surface area contributed by atoms with Crippen molar-refractivity contribution in [2.24, 2.45) is 0 Å². The molecule has 0 amide bonds. The van der Waals surface area contributed by atoms with Crippen LogP contribution >= 0.6 is 0 Å². The molecule has 0 aliphatic heterocycles. The van der Waals surface area contributed by atoms with Crippen LogP contribution in [0.2, 0.25) is 3.72 Å². The van der Waals surface area contributed by atoms with Gasteiger partial charge in [0.05, 0.1) is 0 Å². The van der Waals surface area contributed by atoms with E-state index in [1.807, 2.05) is 0 Å². The second kappa shape index (κ2) is 1.86. The molecule has 0 aromatic carbocycles. The van der Waals surface area contributed by atoms with E-state index < -0.39 is 0 Å². The third kappa shape index (κ3) is 0.960. The first kappa shape index (κ1) is 6.32. The minimum atomic E-state index is 0.333. The molecule has 1 atom stereocenters. The zero-order chi connectivity index (χ0) is 6.20. The average Bonchev–Trinajstić information content (AvgIpc) is 1.86. The molecule has 0 fully saturated rings. The predicted molar refractivity (Wildman–Crippen MR) is 31.3 cm³/mol. The van der Waals surface area contributed by atoms with Gasteiger partial charge in [0.25, 0.3) is 0 Å². The Balaban J connectivity index is 2.87. The van der Waals surface area contributed by atoms with Crippen LogP contribution in [0.5, 0.6) is 0 Å². The standard InChI is InChI=1S/C7H9.Ti/c1-6-4-3-5-7(6)2;/h3-5H,1-2H3;. The Morgan fingerprint density at radius 2 is 2.25 bits per heavy atom. The average molecular weight is 141 g/mol. The number of rotatable bonds is 0. The fourth-order valence-corrected chi connectivity index (χ4v) is 0.970. The Bertz CT molecular complexity index is 152. The van der Waals surface area contributed by atoms with Crippen LogP contribution in [0.1, 0.15) is 13.8 Å². The van der Waals surface area contributed by atoms with Crippen LogP contribution in [-0.2, 0) is 20.4 Å². The van der Waals surface area contributed by atoms with Crippen LogP contribution in [0.15, 0.2) is 23.8 Å². The van der Waals surface area contributed by atoms with Gasteiger partial charge in [-0.2, -0.15) is 0 Å². The predicted octanol–water partition coefficient (Wildman–Crippen LogP) is 2.23. The molecule has 0 aromatic rings. The van der Waals surface area contributed by atoms with Crippen molar-refractivity contribution in [1.29, 1.82) is 0 Å². The Kier molecular flexibility index (Phi) is 1.47. The van der Waals surface area contributed by atoms with Crippen molar-refractivity contribution < 1.29 is 20.4 Å². The third-order valence-corrected chi connectivity index (χ3v) is 2.47. The van der Waals surface area contributed by atoms with Gasteiger partial charge >= 0.3 is 61.8 Å². The molecule has 0 bridgehead atoms. The van der Waals surface area contributed by atoms with Crippen molar-refractivity contribution in [2.45, 2.75) is 17.6 Å². The quantitative estimate of drug-likeness (QED) is 0.453. The SMILES string of the molecule is CC1=CC=C[C]1(C)[Ti]. The summed E-state index contributed by atoms with van der Waals surface area (Å²) in [7, 11) is 0. The molecule has 1 aliphatic carbocycles. The van der Waals surface area contributed by atoms with E-state index in [1.165, 1.54) is 5.57 Å². The van der Waals surface area contributed by atoms with E-state index >= 15 is 0 Å². The third-order valence-electron chi connectivity index (χ3n) is 1.59. The van der Waals surface area contributed by atoms with Gasteiger partial charge in [-0.15, -0.1) is 0 Å². The van der Waals surface area contributed by atoms with E-state index in [2.05, 4.69) is 52.5 Å². The van der Waals surface area contributed by atoms with Gasteiger partial charge in [-0.05, 0) is 0 Å². The van der Waals surface area contributed by atoms with Gasteiger partial charge in [-0.25, -0.2) is 0 Å². The molecule has 1 heteroatoms. The van der Waals surface area contributed by atoms with E-state index in [-0.39, 0.29) is 0 Å². The summed E-state index contributed by atoms with van der Waals surface area (Å²) in [5.41, 5.74) is 1.46. The first-order valence-corrected chi connectivity index (χ1v) is 3.52. The number of allylic oxidation sites excluding steroid dienone is 4. The Morgan fingerprint density at radius 1 is 1.62 bits per heavy atom. The van der Waals surface area contributed by atoms with E-state index in [0.29, 0.717) is 3.72 Å². The molecule has 0 heterocycles. The van der Waals surface area contributed by atoms with Gasteiger partial charge < -0.3 is 0 Å². The molecular weight excluding hydrogens is 132 g/mol. The normalized spacial score (nSPS) is 35.4. The molecule has 0 nitrogen and oxygen atoms in total. The molecule has 0 radical (unpaired) electrons. The fourth-order valence-electron chi connectivity index (χ4n) is 0.689.